The van der Waals surface area contributed by atoms with E-state index in [0.29, 0.717) is 19.6 Å². The molecule has 0 saturated carbocycles. The highest BCUT2D eigenvalue weighted by Crippen LogP contribution is 2.20. The van der Waals surface area contributed by atoms with Crippen molar-refractivity contribution in [2.75, 3.05) is 40.3 Å². The van der Waals surface area contributed by atoms with Crippen LogP contribution >= 0.6 is 11.3 Å². The minimum absolute atomic E-state index is 0.0412. The number of hydrogen-bond acceptors (Lipinski definition) is 4. The van der Waals surface area contributed by atoms with Gasteiger partial charge in [0, 0.05) is 32.1 Å². The van der Waals surface area contributed by atoms with Gasteiger partial charge in [0.25, 0.3) is 5.91 Å². The molecule has 2 rings (SSSR count). The van der Waals surface area contributed by atoms with Crippen molar-refractivity contribution in [3.63, 3.8) is 0 Å². The topological polar surface area (TPSA) is 52.7 Å². The van der Waals surface area contributed by atoms with E-state index >= 15 is 0 Å². The van der Waals surface area contributed by atoms with Crippen LogP contribution in [0.3, 0.4) is 0 Å². The number of carbonyl (C=O) groups excluding carboxylic acids is 2. The number of nitrogens with zero attached hydrogens (tertiary/aromatic N) is 2. The molecular weight excluding hydrogens is 286 g/mol. The van der Waals surface area contributed by atoms with E-state index in [1.807, 2.05) is 41.4 Å². The molecule has 1 aliphatic heterocycles. The van der Waals surface area contributed by atoms with Crippen molar-refractivity contribution in [1.82, 2.24) is 15.1 Å². The van der Waals surface area contributed by atoms with Crippen LogP contribution in [0.5, 0.6) is 0 Å². The lowest BCUT2D eigenvalue weighted by atomic mass is 9.96. The molecule has 0 atom stereocenters. The standard InChI is InChI=1S/C15H23N3O2S/c1-17(2)10-7-16-14(19)12-5-8-18(9-6-12)15(20)13-4-3-11-21-13/h3-4,11-12H,5-10H2,1-2H3,(H,16,19). The van der Waals surface area contributed by atoms with E-state index in [9.17, 15) is 9.59 Å². The zero-order chi connectivity index (χ0) is 15.2. The number of likely N-dealkylation sites (tertiary alicyclic amines) is 1. The van der Waals surface area contributed by atoms with Gasteiger partial charge >= 0.3 is 0 Å². The normalized spacial score (nSPS) is 16.2. The summed E-state index contributed by atoms with van der Waals surface area (Å²) >= 11 is 1.47. The molecule has 0 unspecified atom stereocenters. The summed E-state index contributed by atoms with van der Waals surface area (Å²) < 4.78 is 0. The van der Waals surface area contributed by atoms with Crippen molar-refractivity contribution in [2.45, 2.75) is 12.8 Å². The minimum Gasteiger partial charge on any atom is -0.355 e. The summed E-state index contributed by atoms with van der Waals surface area (Å²) in [5.74, 6) is 0.260. The number of likely N-dealkylation sites (N-methyl/N-ethyl adjacent to an activating group) is 1. The molecule has 0 aromatic carbocycles. The lowest BCUT2D eigenvalue weighted by molar-refractivity contribution is -0.126. The molecule has 2 amide bonds. The van der Waals surface area contributed by atoms with Gasteiger partial charge in [-0.1, -0.05) is 6.07 Å². The van der Waals surface area contributed by atoms with Crippen LogP contribution in [0.25, 0.3) is 0 Å². The summed E-state index contributed by atoms with van der Waals surface area (Å²) in [6, 6.07) is 3.75. The number of nitrogens with one attached hydrogen (secondary N) is 1. The van der Waals surface area contributed by atoms with Crippen molar-refractivity contribution >= 4 is 23.2 Å². The van der Waals surface area contributed by atoms with Crippen LogP contribution in [0.1, 0.15) is 22.5 Å². The number of thiophene rings is 1. The Bertz CT molecular complexity index is 465. The van der Waals surface area contributed by atoms with Gasteiger partial charge in [-0.3, -0.25) is 9.59 Å². The Hall–Kier alpha value is -1.40. The number of rotatable bonds is 5. The molecule has 1 fully saturated rings. The highest BCUT2D eigenvalue weighted by molar-refractivity contribution is 7.12. The van der Waals surface area contributed by atoms with Gasteiger partial charge in [-0.2, -0.15) is 0 Å². The van der Waals surface area contributed by atoms with Crippen LogP contribution in [-0.4, -0.2) is 61.9 Å². The molecule has 1 N–H and O–H groups in total. The fourth-order valence-corrected chi connectivity index (χ4v) is 3.14. The smallest absolute Gasteiger partial charge is 0.263 e. The highest BCUT2D eigenvalue weighted by Gasteiger charge is 2.27. The monoisotopic (exact) mass is 309 g/mol. The predicted molar refractivity (Wildman–Crippen MR) is 84.5 cm³/mol. The summed E-state index contributed by atoms with van der Waals surface area (Å²) in [6.45, 7) is 2.87. The molecule has 0 aliphatic carbocycles. The first-order valence-corrected chi connectivity index (χ1v) is 8.21. The second kappa shape index (κ2) is 7.56. The van der Waals surface area contributed by atoms with E-state index in [4.69, 9.17) is 0 Å². The fraction of sp³-hybridized carbons (Fsp3) is 0.600. The Morgan fingerprint density at radius 3 is 2.67 bits per heavy atom. The zero-order valence-corrected chi connectivity index (χ0v) is 13.5. The van der Waals surface area contributed by atoms with Crippen molar-refractivity contribution in [3.05, 3.63) is 22.4 Å². The van der Waals surface area contributed by atoms with Crippen molar-refractivity contribution in [1.29, 1.82) is 0 Å². The van der Waals surface area contributed by atoms with Gasteiger partial charge in [0.2, 0.25) is 5.91 Å². The molecule has 1 saturated heterocycles. The summed E-state index contributed by atoms with van der Waals surface area (Å²) in [5, 5.41) is 4.89. The van der Waals surface area contributed by atoms with Gasteiger partial charge in [0.05, 0.1) is 4.88 Å². The molecule has 116 valence electrons. The lowest BCUT2D eigenvalue weighted by Crippen LogP contribution is -2.43. The Kier molecular flexibility index (Phi) is 5.76. The second-order valence-electron chi connectivity index (χ2n) is 5.64. The maximum atomic E-state index is 12.2. The van der Waals surface area contributed by atoms with Crippen molar-refractivity contribution in [3.8, 4) is 0 Å². The third-order valence-corrected chi connectivity index (χ3v) is 4.60. The first kappa shape index (κ1) is 16.0. The Balaban J connectivity index is 1.75. The van der Waals surface area contributed by atoms with Gasteiger partial charge in [-0.05, 0) is 38.4 Å². The fourth-order valence-electron chi connectivity index (χ4n) is 2.45. The molecule has 1 aliphatic rings. The zero-order valence-electron chi connectivity index (χ0n) is 12.7. The number of carbonyl (C=O) groups is 2. The van der Waals surface area contributed by atoms with Gasteiger partial charge in [-0.15, -0.1) is 11.3 Å². The van der Waals surface area contributed by atoms with E-state index in [0.717, 1.165) is 24.3 Å². The number of hydrogen-bond donors (Lipinski definition) is 1. The molecule has 1 aromatic heterocycles. The second-order valence-corrected chi connectivity index (χ2v) is 6.59. The van der Waals surface area contributed by atoms with Crippen LogP contribution in [0.15, 0.2) is 17.5 Å². The van der Waals surface area contributed by atoms with Crippen LogP contribution < -0.4 is 5.32 Å². The quantitative estimate of drug-likeness (QED) is 0.891. The third kappa shape index (κ3) is 4.54. The van der Waals surface area contributed by atoms with E-state index in [1.165, 1.54) is 11.3 Å². The Morgan fingerprint density at radius 1 is 1.38 bits per heavy atom. The third-order valence-electron chi connectivity index (χ3n) is 3.74. The molecule has 0 spiro atoms. The van der Waals surface area contributed by atoms with E-state index in [2.05, 4.69) is 5.32 Å². The van der Waals surface area contributed by atoms with Gasteiger partial charge in [0.1, 0.15) is 0 Å². The van der Waals surface area contributed by atoms with Gasteiger partial charge < -0.3 is 15.1 Å². The summed E-state index contributed by atoms with van der Waals surface area (Å²) in [7, 11) is 3.97. The molecule has 6 heteroatoms. The van der Waals surface area contributed by atoms with Crippen LogP contribution in [0.4, 0.5) is 0 Å². The summed E-state index contributed by atoms with van der Waals surface area (Å²) in [5.41, 5.74) is 0. The lowest BCUT2D eigenvalue weighted by Gasteiger charge is -2.31. The van der Waals surface area contributed by atoms with Crippen LogP contribution in [0.2, 0.25) is 0 Å². The molecule has 2 heterocycles. The molecule has 21 heavy (non-hydrogen) atoms. The average Bonchev–Trinajstić information content (AvgIpc) is 3.00. The van der Waals surface area contributed by atoms with Crippen LogP contribution in [-0.2, 0) is 4.79 Å². The minimum atomic E-state index is 0.0412. The maximum Gasteiger partial charge on any atom is 0.263 e. The van der Waals surface area contributed by atoms with Crippen molar-refractivity contribution in [2.24, 2.45) is 5.92 Å². The summed E-state index contributed by atoms with van der Waals surface area (Å²) in [4.78, 5) is 29.0. The van der Waals surface area contributed by atoms with Crippen molar-refractivity contribution < 1.29 is 9.59 Å². The first-order chi connectivity index (χ1) is 10.1. The van der Waals surface area contributed by atoms with E-state index in [-0.39, 0.29) is 17.7 Å². The van der Waals surface area contributed by atoms with E-state index in [1.54, 1.807) is 0 Å². The average molecular weight is 309 g/mol. The maximum absolute atomic E-state index is 12.2. The predicted octanol–water partition coefficient (Wildman–Crippen LogP) is 1.28. The number of piperidine rings is 1. The van der Waals surface area contributed by atoms with E-state index < -0.39 is 0 Å². The SMILES string of the molecule is CN(C)CCNC(=O)C1CCN(C(=O)c2cccs2)CC1. The van der Waals surface area contributed by atoms with Gasteiger partial charge in [0.15, 0.2) is 0 Å². The highest BCUT2D eigenvalue weighted by atomic mass is 32.1. The molecule has 0 bridgehead atoms. The van der Waals surface area contributed by atoms with Gasteiger partial charge in [-0.25, -0.2) is 0 Å². The summed E-state index contributed by atoms with van der Waals surface area (Å²) in [6.07, 6.45) is 1.51. The molecule has 1 aromatic rings. The first-order valence-electron chi connectivity index (χ1n) is 7.33. The Labute approximate surface area is 129 Å². The molecule has 0 radical (unpaired) electrons. The molecule has 5 nitrogen and oxygen atoms in total. The molecular formula is C15H23N3O2S. The number of amides is 2. The Morgan fingerprint density at radius 2 is 2.10 bits per heavy atom. The largest absolute Gasteiger partial charge is 0.355 e. The van der Waals surface area contributed by atoms with Crippen LogP contribution in [0, 0.1) is 5.92 Å².